The Balaban J connectivity index is 0.904. The number of alkyl halides is 1. The number of nitrogens with zero attached hydrogens (tertiary/aromatic N) is 4. The number of fused-ring (bicyclic) bond motifs is 1. The lowest BCUT2D eigenvalue weighted by Gasteiger charge is -2.39. The Bertz CT molecular complexity index is 2500. The van der Waals surface area contributed by atoms with Crippen LogP contribution in [0.3, 0.4) is 0 Å². The lowest BCUT2D eigenvalue weighted by Crippen LogP contribution is -2.54. The third-order valence-corrected chi connectivity index (χ3v) is 11.3. The van der Waals surface area contributed by atoms with E-state index in [0.29, 0.717) is 71.8 Å². The minimum Gasteiger partial charge on any atom is -0.492 e. The van der Waals surface area contributed by atoms with Crippen molar-refractivity contribution in [3.63, 3.8) is 0 Å². The fraction of sp³-hybridized carbons (Fsp3) is 0.362. The standard InChI is InChI=1S/C47H50ClN5O5/c48-22-19-39(34-7-3-1-4-8-34)44(35-9-5-2-6-10-35)36-11-14-38(15-12-36)58-30-29-50-23-20-33(21-24-50)32-51-25-27-52(28-26-51)37-13-16-40-41(31-37)47(57)53(46(40)56)42-17-18-43(54)49-45(42)55/h1-16,31,33,42H,17-30,32H2,(H,49,54,55)/i25D2,26D2,27D2,28D2. The molecule has 0 saturated carbocycles. The van der Waals surface area contributed by atoms with Gasteiger partial charge in [-0.25, -0.2) is 0 Å². The van der Waals surface area contributed by atoms with Crippen molar-refractivity contribution < 1.29 is 34.9 Å². The lowest BCUT2D eigenvalue weighted by molar-refractivity contribution is -0.136. The fourth-order valence-corrected chi connectivity index (χ4v) is 8.21. The van der Waals surface area contributed by atoms with E-state index < -0.39 is 55.7 Å². The summed E-state index contributed by atoms with van der Waals surface area (Å²) >= 11 is 6.33. The highest BCUT2D eigenvalue weighted by molar-refractivity contribution is 6.23. The van der Waals surface area contributed by atoms with Crippen molar-refractivity contribution in [3.05, 3.63) is 131 Å². The highest BCUT2D eigenvalue weighted by Gasteiger charge is 2.45. The van der Waals surface area contributed by atoms with Gasteiger partial charge in [0, 0.05) is 62.5 Å². The van der Waals surface area contributed by atoms with Crippen molar-refractivity contribution in [1.82, 2.24) is 20.0 Å². The number of piperidine rings is 2. The van der Waals surface area contributed by atoms with Gasteiger partial charge in [-0.05, 0) is 103 Å². The number of hydrogen-bond donors (Lipinski definition) is 1. The summed E-state index contributed by atoms with van der Waals surface area (Å²) in [5.41, 5.74) is 4.68. The van der Waals surface area contributed by atoms with E-state index in [1.54, 1.807) is 0 Å². The molecule has 3 saturated heterocycles. The summed E-state index contributed by atoms with van der Waals surface area (Å²) in [6.07, 6.45) is 1.54. The Morgan fingerprint density at radius 3 is 2.07 bits per heavy atom. The van der Waals surface area contributed by atoms with Gasteiger partial charge < -0.3 is 9.64 Å². The van der Waals surface area contributed by atoms with E-state index in [-0.39, 0.29) is 42.1 Å². The molecule has 0 aromatic heterocycles. The normalized spacial score (nSPS) is 25.4. The first-order valence-corrected chi connectivity index (χ1v) is 20.2. The van der Waals surface area contributed by atoms with E-state index in [9.17, 15) is 19.2 Å². The topological polar surface area (TPSA) is 102 Å². The lowest BCUT2D eigenvalue weighted by atomic mass is 9.88. The van der Waals surface area contributed by atoms with Crippen LogP contribution in [0.15, 0.2) is 103 Å². The molecule has 58 heavy (non-hydrogen) atoms. The number of halogens is 1. The third kappa shape index (κ3) is 8.74. The minimum absolute atomic E-state index is 0.0957. The number of likely N-dealkylation sites (tertiary alicyclic amines) is 1. The number of hydrogen-bond acceptors (Lipinski definition) is 8. The molecule has 1 atom stereocenters. The molecule has 4 aromatic carbocycles. The van der Waals surface area contributed by atoms with Gasteiger partial charge in [0.05, 0.1) is 16.6 Å². The highest BCUT2D eigenvalue weighted by atomic mass is 35.5. The molecule has 0 aliphatic carbocycles. The Morgan fingerprint density at radius 2 is 1.40 bits per heavy atom. The summed E-state index contributed by atoms with van der Waals surface area (Å²) in [4.78, 5) is 55.1. The van der Waals surface area contributed by atoms with Crippen LogP contribution in [0.1, 0.15) is 80.5 Å². The number of allylic oxidation sites excluding steroid dienone is 1. The van der Waals surface area contributed by atoms with Gasteiger partial charge in [0.25, 0.3) is 11.8 Å². The molecule has 11 heteroatoms. The molecule has 300 valence electrons. The maximum Gasteiger partial charge on any atom is 0.262 e. The van der Waals surface area contributed by atoms with E-state index in [0.717, 1.165) is 46.0 Å². The summed E-state index contributed by atoms with van der Waals surface area (Å²) < 4.78 is 78.6. The Labute approximate surface area is 356 Å². The first-order valence-electron chi connectivity index (χ1n) is 23.7. The number of amides is 4. The Kier molecular flexibility index (Phi) is 9.59. The monoisotopic (exact) mass is 807 g/mol. The quantitative estimate of drug-likeness (QED) is 0.0919. The van der Waals surface area contributed by atoms with Crippen molar-refractivity contribution in [2.75, 3.05) is 69.6 Å². The third-order valence-electron chi connectivity index (χ3n) is 11.1. The summed E-state index contributed by atoms with van der Waals surface area (Å²) in [5, 5.41) is 2.11. The van der Waals surface area contributed by atoms with Gasteiger partial charge in [-0.2, -0.15) is 0 Å². The van der Waals surface area contributed by atoms with Crippen molar-refractivity contribution in [2.24, 2.45) is 5.92 Å². The van der Waals surface area contributed by atoms with Crippen LogP contribution in [0.2, 0.25) is 0 Å². The van der Waals surface area contributed by atoms with Crippen molar-refractivity contribution in [1.29, 1.82) is 0 Å². The zero-order valence-corrected chi connectivity index (χ0v) is 32.7. The van der Waals surface area contributed by atoms with Crippen LogP contribution < -0.4 is 15.0 Å². The largest absolute Gasteiger partial charge is 0.492 e. The van der Waals surface area contributed by atoms with Crippen LogP contribution in [0.5, 0.6) is 5.75 Å². The van der Waals surface area contributed by atoms with Crippen LogP contribution in [0.4, 0.5) is 5.69 Å². The Morgan fingerprint density at radius 1 is 0.741 bits per heavy atom. The SMILES string of the molecule is [2H]C1([2H])N(CC2CCN(CCOc3ccc(C(=C(CCCl)c4ccccc4)c4ccccc4)cc3)CC2)C([2H])([2H])C([2H])([2H])N(c2ccc3c(c2)C(=O)N(C2CCC(=O)NC2=O)C3=O)C1([2H])[2H]. The second-order valence-corrected chi connectivity index (χ2v) is 15.1. The van der Waals surface area contributed by atoms with Gasteiger partial charge in [-0.3, -0.25) is 39.2 Å². The number of anilines is 1. The first-order chi connectivity index (χ1) is 31.4. The molecule has 8 rings (SSSR count). The number of rotatable bonds is 13. The molecule has 10 nitrogen and oxygen atoms in total. The predicted octanol–water partition coefficient (Wildman–Crippen LogP) is 6.59. The summed E-state index contributed by atoms with van der Waals surface area (Å²) in [7, 11) is 0. The van der Waals surface area contributed by atoms with Crippen molar-refractivity contribution in [3.8, 4) is 5.75 Å². The molecular formula is C47H50ClN5O5. The zero-order chi connectivity index (χ0) is 47.2. The molecule has 1 N–H and O–H groups in total. The maximum atomic E-state index is 13.6. The van der Waals surface area contributed by atoms with E-state index in [1.165, 1.54) is 0 Å². The van der Waals surface area contributed by atoms with E-state index >= 15 is 0 Å². The number of benzene rings is 4. The van der Waals surface area contributed by atoms with Crippen LogP contribution in [0, 0.1) is 5.92 Å². The van der Waals surface area contributed by atoms with Gasteiger partial charge >= 0.3 is 0 Å². The molecule has 1 unspecified atom stereocenters. The maximum absolute atomic E-state index is 13.6. The first kappa shape index (κ1) is 30.7. The molecule has 4 aromatic rings. The van der Waals surface area contributed by atoms with Crippen LogP contribution in [-0.2, 0) is 9.59 Å². The molecule has 4 amide bonds. The van der Waals surface area contributed by atoms with Crippen LogP contribution >= 0.6 is 11.6 Å². The zero-order valence-electron chi connectivity index (χ0n) is 40.0. The second-order valence-electron chi connectivity index (χ2n) is 14.8. The van der Waals surface area contributed by atoms with Crippen LogP contribution in [-0.4, -0.2) is 109 Å². The summed E-state index contributed by atoms with van der Waals surface area (Å²) in [6.45, 7) is -10.7. The van der Waals surface area contributed by atoms with Gasteiger partial charge in [-0.15, -0.1) is 11.6 Å². The molecule has 4 aliphatic heterocycles. The summed E-state index contributed by atoms with van der Waals surface area (Å²) in [6, 6.07) is 30.5. The van der Waals surface area contributed by atoms with Gasteiger partial charge in [0.2, 0.25) is 11.8 Å². The average Bonchev–Trinajstić information content (AvgIpc) is 3.53. The van der Waals surface area contributed by atoms with E-state index in [1.807, 2.05) is 48.5 Å². The minimum atomic E-state index is -3.20. The van der Waals surface area contributed by atoms with Gasteiger partial charge in [0.15, 0.2) is 0 Å². The number of ether oxygens (including phenoxy) is 1. The molecule has 4 heterocycles. The number of imide groups is 2. The molecule has 0 radical (unpaired) electrons. The molecule has 0 bridgehead atoms. The Hall–Kier alpha value is -5.29. The fourth-order valence-electron chi connectivity index (χ4n) is 8.02. The number of piperazine rings is 1. The molecular weight excluding hydrogens is 750 g/mol. The molecule has 3 fully saturated rings. The second kappa shape index (κ2) is 18.1. The number of carbonyl (C=O) groups is 4. The highest BCUT2D eigenvalue weighted by Crippen LogP contribution is 2.36. The number of carbonyl (C=O) groups excluding carboxylic acids is 4. The summed E-state index contributed by atoms with van der Waals surface area (Å²) in [5.74, 6) is -2.23. The van der Waals surface area contributed by atoms with Crippen LogP contribution in [0.25, 0.3) is 11.1 Å². The van der Waals surface area contributed by atoms with Crippen molar-refractivity contribution >= 4 is 52.1 Å². The van der Waals surface area contributed by atoms with Gasteiger partial charge in [-0.1, -0.05) is 72.8 Å². The van der Waals surface area contributed by atoms with E-state index in [2.05, 4.69) is 46.6 Å². The molecule has 0 spiro atoms. The van der Waals surface area contributed by atoms with Gasteiger partial charge in [0.1, 0.15) is 18.4 Å². The van der Waals surface area contributed by atoms with Crippen molar-refractivity contribution in [2.45, 2.75) is 38.1 Å². The number of nitrogens with one attached hydrogen (secondary N) is 1. The van der Waals surface area contributed by atoms with E-state index in [4.69, 9.17) is 27.3 Å². The molecule has 4 aliphatic rings. The average molecular weight is 808 g/mol. The predicted molar refractivity (Wildman–Crippen MR) is 227 cm³/mol. The smallest absolute Gasteiger partial charge is 0.262 e.